The fraction of sp³-hybridized carbons (Fsp3) is 0. The van der Waals surface area contributed by atoms with E-state index in [1.165, 1.54) is 24.3 Å². The Bertz CT molecular complexity index is 870. The fourth-order valence-corrected chi connectivity index (χ4v) is 2.05. The molecule has 7 nitrogen and oxygen atoms in total. The van der Waals surface area contributed by atoms with E-state index in [1.807, 2.05) is 0 Å². The van der Waals surface area contributed by atoms with Gasteiger partial charge in [0.1, 0.15) is 0 Å². The van der Waals surface area contributed by atoms with Crippen molar-refractivity contribution in [3.63, 3.8) is 0 Å². The van der Waals surface area contributed by atoms with Gasteiger partial charge in [0.25, 0.3) is 0 Å². The lowest BCUT2D eigenvalue weighted by molar-refractivity contribution is 0.432. The number of aromatic hydroxyl groups is 2. The minimum absolute atomic E-state index is 0.00633. The first-order valence-corrected chi connectivity index (χ1v) is 7.21. The second-order valence-corrected chi connectivity index (χ2v) is 5.17. The summed E-state index contributed by atoms with van der Waals surface area (Å²) in [5.41, 5.74) is 0.554. The van der Waals surface area contributed by atoms with Gasteiger partial charge in [-0.25, -0.2) is 8.78 Å². The molecule has 0 radical (unpaired) electrons. The van der Waals surface area contributed by atoms with Crippen LogP contribution in [-0.2, 0) is 0 Å². The Hall–Kier alpha value is -3.20. The second kappa shape index (κ2) is 6.73. The number of anilines is 4. The van der Waals surface area contributed by atoms with E-state index >= 15 is 0 Å². The van der Waals surface area contributed by atoms with Crippen molar-refractivity contribution in [3.05, 3.63) is 53.3 Å². The van der Waals surface area contributed by atoms with Crippen molar-refractivity contribution in [1.82, 2.24) is 15.0 Å². The molecule has 0 unspecified atom stereocenters. The summed E-state index contributed by atoms with van der Waals surface area (Å²) in [5, 5.41) is 23.6. The van der Waals surface area contributed by atoms with Crippen molar-refractivity contribution in [3.8, 4) is 11.5 Å². The summed E-state index contributed by atoms with van der Waals surface area (Å²) in [5.74, 6) is -2.60. The molecule has 0 aliphatic heterocycles. The molecule has 0 fully saturated rings. The summed E-state index contributed by atoms with van der Waals surface area (Å²) in [6.07, 6.45) is 0. The second-order valence-electron chi connectivity index (χ2n) is 4.83. The molecule has 1 heterocycles. The molecule has 0 saturated carbocycles. The van der Waals surface area contributed by atoms with E-state index in [4.69, 9.17) is 11.6 Å². The Labute approximate surface area is 145 Å². The first-order valence-electron chi connectivity index (χ1n) is 6.83. The first kappa shape index (κ1) is 16.7. The summed E-state index contributed by atoms with van der Waals surface area (Å²) in [7, 11) is 0. The molecule has 2 aromatic carbocycles. The molecule has 3 aromatic rings. The lowest BCUT2D eigenvalue weighted by Gasteiger charge is -2.09. The highest BCUT2D eigenvalue weighted by Crippen LogP contribution is 2.24. The van der Waals surface area contributed by atoms with Crippen LogP contribution < -0.4 is 10.6 Å². The molecule has 0 aliphatic carbocycles. The zero-order valence-corrected chi connectivity index (χ0v) is 13.1. The molecule has 128 valence electrons. The average Bonchev–Trinajstić information content (AvgIpc) is 2.54. The van der Waals surface area contributed by atoms with Crippen molar-refractivity contribution in [2.24, 2.45) is 0 Å². The van der Waals surface area contributed by atoms with Gasteiger partial charge in [-0.1, -0.05) is 0 Å². The number of nitrogens with zero attached hydrogens (tertiary/aromatic N) is 3. The maximum Gasteiger partial charge on any atom is 0.233 e. The Kier molecular flexibility index (Phi) is 4.48. The lowest BCUT2D eigenvalue weighted by atomic mass is 10.3. The standard InChI is InChI=1S/C15H10ClF2N5O2/c16-13-21-14(19-7-1-3-11(24)9(17)5-7)23-15(22-13)20-8-2-4-12(25)10(18)6-8/h1-6,24-25H,(H2,19,20,21,22,23). The van der Waals surface area contributed by atoms with Crippen molar-refractivity contribution in [1.29, 1.82) is 0 Å². The highest BCUT2D eigenvalue weighted by atomic mass is 35.5. The van der Waals surface area contributed by atoms with Crippen molar-refractivity contribution >= 4 is 34.9 Å². The Morgan fingerprint density at radius 1 is 0.760 bits per heavy atom. The molecular formula is C15H10ClF2N5O2. The van der Waals surface area contributed by atoms with Crippen LogP contribution in [0.4, 0.5) is 32.1 Å². The highest BCUT2D eigenvalue weighted by Gasteiger charge is 2.09. The van der Waals surface area contributed by atoms with E-state index in [-0.39, 0.29) is 28.6 Å². The van der Waals surface area contributed by atoms with Gasteiger partial charge >= 0.3 is 0 Å². The third-order valence-corrected chi connectivity index (χ3v) is 3.18. The number of rotatable bonds is 4. The van der Waals surface area contributed by atoms with Gasteiger partial charge in [0, 0.05) is 23.5 Å². The largest absolute Gasteiger partial charge is 0.505 e. The number of phenolic OH excluding ortho intramolecular Hbond substituents is 2. The molecule has 0 atom stereocenters. The quantitative estimate of drug-likeness (QED) is 0.523. The van der Waals surface area contributed by atoms with Gasteiger partial charge in [-0.3, -0.25) is 0 Å². The number of nitrogens with one attached hydrogen (secondary N) is 2. The molecule has 25 heavy (non-hydrogen) atoms. The zero-order chi connectivity index (χ0) is 18.0. The van der Waals surface area contributed by atoms with Gasteiger partial charge < -0.3 is 20.8 Å². The summed E-state index contributed by atoms with van der Waals surface area (Å²) in [4.78, 5) is 11.7. The summed E-state index contributed by atoms with van der Waals surface area (Å²) >= 11 is 5.83. The highest BCUT2D eigenvalue weighted by molar-refractivity contribution is 6.28. The van der Waals surface area contributed by atoms with Crippen LogP contribution in [0.1, 0.15) is 0 Å². The number of halogens is 3. The van der Waals surface area contributed by atoms with E-state index in [0.29, 0.717) is 0 Å². The van der Waals surface area contributed by atoms with Crippen LogP contribution in [0.15, 0.2) is 36.4 Å². The van der Waals surface area contributed by atoms with E-state index in [9.17, 15) is 19.0 Å². The van der Waals surface area contributed by atoms with Crippen LogP contribution in [-0.4, -0.2) is 25.2 Å². The maximum atomic E-state index is 13.4. The van der Waals surface area contributed by atoms with Gasteiger partial charge in [-0.05, 0) is 35.9 Å². The van der Waals surface area contributed by atoms with E-state index < -0.39 is 23.1 Å². The summed E-state index contributed by atoms with van der Waals surface area (Å²) in [6, 6.07) is 7.26. The molecule has 0 spiro atoms. The normalized spacial score (nSPS) is 10.5. The number of phenols is 2. The van der Waals surface area contributed by atoms with Crippen LogP contribution in [0.25, 0.3) is 0 Å². The molecule has 1 aromatic heterocycles. The van der Waals surface area contributed by atoms with Crippen molar-refractivity contribution < 1.29 is 19.0 Å². The van der Waals surface area contributed by atoms with E-state index in [0.717, 1.165) is 12.1 Å². The lowest BCUT2D eigenvalue weighted by Crippen LogP contribution is -2.04. The summed E-state index contributed by atoms with van der Waals surface area (Å²) < 4.78 is 26.7. The van der Waals surface area contributed by atoms with Gasteiger partial charge in [-0.15, -0.1) is 0 Å². The summed E-state index contributed by atoms with van der Waals surface area (Å²) in [6.45, 7) is 0. The van der Waals surface area contributed by atoms with Crippen molar-refractivity contribution in [2.75, 3.05) is 10.6 Å². The van der Waals surface area contributed by atoms with Crippen LogP contribution in [0.5, 0.6) is 11.5 Å². The Balaban J connectivity index is 1.84. The number of hydrogen-bond donors (Lipinski definition) is 4. The molecule has 0 bridgehead atoms. The minimum Gasteiger partial charge on any atom is -0.505 e. The third-order valence-electron chi connectivity index (χ3n) is 3.02. The Morgan fingerprint density at radius 3 is 1.60 bits per heavy atom. The Morgan fingerprint density at radius 2 is 1.20 bits per heavy atom. The number of aromatic nitrogens is 3. The van der Waals surface area contributed by atoms with E-state index in [1.54, 1.807) is 0 Å². The topological polar surface area (TPSA) is 103 Å². The maximum absolute atomic E-state index is 13.4. The first-order chi connectivity index (χ1) is 11.9. The molecule has 0 amide bonds. The zero-order valence-electron chi connectivity index (χ0n) is 12.3. The molecule has 10 heteroatoms. The van der Waals surface area contributed by atoms with Crippen LogP contribution in [0.2, 0.25) is 5.28 Å². The van der Waals surface area contributed by atoms with Gasteiger partial charge in [0.2, 0.25) is 17.2 Å². The smallest absolute Gasteiger partial charge is 0.233 e. The average molecular weight is 366 g/mol. The van der Waals surface area contributed by atoms with Crippen molar-refractivity contribution in [2.45, 2.75) is 0 Å². The van der Waals surface area contributed by atoms with Gasteiger partial charge in [0.05, 0.1) is 0 Å². The predicted octanol–water partition coefficient (Wildman–Crippen LogP) is 3.70. The fourth-order valence-electron chi connectivity index (χ4n) is 1.89. The molecule has 4 N–H and O–H groups in total. The molecule has 0 aliphatic rings. The number of benzene rings is 2. The van der Waals surface area contributed by atoms with Crippen LogP contribution in [0.3, 0.4) is 0 Å². The predicted molar refractivity (Wildman–Crippen MR) is 87.5 cm³/mol. The molecular weight excluding hydrogens is 356 g/mol. The molecule has 0 saturated heterocycles. The van der Waals surface area contributed by atoms with Gasteiger partial charge in [-0.2, -0.15) is 15.0 Å². The molecule has 3 rings (SSSR count). The minimum atomic E-state index is -0.817. The monoisotopic (exact) mass is 365 g/mol. The third kappa shape index (κ3) is 4.01. The SMILES string of the molecule is Oc1ccc(Nc2nc(Cl)nc(Nc3ccc(O)c(F)c3)n2)cc1F. The van der Waals surface area contributed by atoms with Crippen LogP contribution >= 0.6 is 11.6 Å². The number of hydrogen-bond acceptors (Lipinski definition) is 7. The van der Waals surface area contributed by atoms with Gasteiger partial charge in [0.15, 0.2) is 23.1 Å². The van der Waals surface area contributed by atoms with E-state index in [2.05, 4.69) is 25.6 Å². The van der Waals surface area contributed by atoms with Crippen LogP contribution in [0, 0.1) is 11.6 Å².